The molecule has 0 saturated heterocycles. The highest BCUT2D eigenvalue weighted by Crippen LogP contribution is 2.30. The van der Waals surface area contributed by atoms with Gasteiger partial charge in [-0.05, 0) is 24.3 Å². The third kappa shape index (κ3) is 4.30. The normalized spacial score (nSPS) is 11.5. The number of hydrogen-bond donors (Lipinski definition) is 0. The van der Waals surface area contributed by atoms with Crippen LogP contribution in [0.1, 0.15) is 11.5 Å². The summed E-state index contributed by atoms with van der Waals surface area (Å²) >= 11 is 1.21. The minimum atomic E-state index is -4.39. The quantitative estimate of drug-likeness (QED) is 0.621. The molecule has 0 N–H and O–H groups in total. The fourth-order valence-electron chi connectivity index (χ4n) is 1.96. The Hall–Kier alpha value is -2.55. The lowest BCUT2D eigenvalue weighted by Crippen LogP contribution is -2.05. The van der Waals surface area contributed by atoms with E-state index in [-0.39, 0.29) is 0 Å². The summed E-state index contributed by atoms with van der Waals surface area (Å²) in [6.07, 6.45) is -3.59. The predicted molar refractivity (Wildman–Crippen MR) is 85.1 cm³/mol. The van der Waals surface area contributed by atoms with E-state index >= 15 is 0 Å². The Labute approximate surface area is 145 Å². The zero-order chi connectivity index (χ0) is 17.9. The number of nitrogens with zero attached hydrogens (tertiary/aromatic N) is 3. The highest BCUT2D eigenvalue weighted by atomic mass is 32.2. The molecule has 0 radical (unpaired) electrons. The molecule has 0 aliphatic carbocycles. The summed E-state index contributed by atoms with van der Waals surface area (Å²) in [5.74, 6) is 1.74. The molecule has 9 heteroatoms. The second-order valence-corrected chi connectivity index (χ2v) is 5.91. The Morgan fingerprint density at radius 3 is 2.72 bits per heavy atom. The zero-order valence-corrected chi connectivity index (χ0v) is 13.8. The van der Waals surface area contributed by atoms with E-state index in [1.807, 2.05) is 12.1 Å². The molecule has 0 spiro atoms. The van der Waals surface area contributed by atoms with Gasteiger partial charge in [0.1, 0.15) is 5.75 Å². The van der Waals surface area contributed by atoms with Gasteiger partial charge in [0, 0.05) is 11.8 Å². The molecule has 2 heterocycles. The summed E-state index contributed by atoms with van der Waals surface area (Å²) in [5.41, 5.74) is -0.0399. The third-order valence-electron chi connectivity index (χ3n) is 3.20. The second-order valence-electron chi connectivity index (χ2n) is 4.92. The molecular weight excluding hydrogens is 355 g/mol. The fourth-order valence-corrected chi connectivity index (χ4v) is 2.64. The van der Waals surface area contributed by atoms with Gasteiger partial charge in [-0.1, -0.05) is 29.1 Å². The minimum Gasteiger partial charge on any atom is -0.497 e. The van der Waals surface area contributed by atoms with Gasteiger partial charge < -0.3 is 9.26 Å². The Balaban J connectivity index is 1.65. The van der Waals surface area contributed by atoms with Crippen molar-refractivity contribution in [3.05, 3.63) is 54.0 Å². The van der Waals surface area contributed by atoms with Crippen molar-refractivity contribution < 1.29 is 22.4 Å². The molecule has 130 valence electrons. The number of alkyl halides is 3. The lowest BCUT2D eigenvalue weighted by Gasteiger charge is -2.05. The fraction of sp³-hybridized carbons (Fsp3) is 0.188. The van der Waals surface area contributed by atoms with Gasteiger partial charge in [0.25, 0.3) is 0 Å². The maximum Gasteiger partial charge on any atom is 0.417 e. The number of aromatic nitrogens is 3. The van der Waals surface area contributed by atoms with Crippen LogP contribution in [0.3, 0.4) is 0 Å². The van der Waals surface area contributed by atoms with Gasteiger partial charge in [-0.3, -0.25) is 0 Å². The van der Waals surface area contributed by atoms with E-state index in [0.29, 0.717) is 28.2 Å². The molecule has 25 heavy (non-hydrogen) atoms. The Morgan fingerprint density at radius 1 is 1.20 bits per heavy atom. The zero-order valence-electron chi connectivity index (χ0n) is 12.9. The molecule has 0 aliphatic heterocycles. The second kappa shape index (κ2) is 7.14. The molecule has 0 atom stereocenters. The van der Waals surface area contributed by atoms with Crippen LogP contribution in [0.25, 0.3) is 11.4 Å². The highest BCUT2D eigenvalue weighted by molar-refractivity contribution is 7.98. The summed E-state index contributed by atoms with van der Waals surface area (Å²) in [6, 6.07) is 9.51. The van der Waals surface area contributed by atoms with Crippen LogP contribution >= 0.6 is 11.8 Å². The predicted octanol–water partition coefficient (Wildman–Crippen LogP) is 4.45. The molecule has 0 unspecified atom stereocenters. The summed E-state index contributed by atoms with van der Waals surface area (Å²) in [7, 11) is 1.56. The molecule has 0 amide bonds. The first kappa shape index (κ1) is 17.3. The number of rotatable bonds is 5. The summed E-state index contributed by atoms with van der Waals surface area (Å²) < 4.78 is 47.8. The van der Waals surface area contributed by atoms with Crippen molar-refractivity contribution >= 4 is 11.8 Å². The van der Waals surface area contributed by atoms with Crippen LogP contribution in [0.2, 0.25) is 0 Å². The first-order valence-corrected chi connectivity index (χ1v) is 8.07. The van der Waals surface area contributed by atoms with Gasteiger partial charge in [-0.15, -0.1) is 0 Å². The van der Waals surface area contributed by atoms with Crippen LogP contribution in [0, 0.1) is 0 Å². The lowest BCUT2D eigenvalue weighted by atomic mass is 10.2. The first-order chi connectivity index (χ1) is 12.0. The number of ether oxygens (including phenoxy) is 1. The van der Waals surface area contributed by atoms with Crippen molar-refractivity contribution in [1.29, 1.82) is 0 Å². The first-order valence-electron chi connectivity index (χ1n) is 7.09. The molecule has 2 aromatic heterocycles. The molecular formula is C16H12F3N3O2S. The standard InChI is InChI=1S/C16H12F3N3O2S/c1-23-12-4-2-3-10(7-12)15-21-13(24-22-15)9-25-14-6-5-11(8-20-14)16(17,18)19/h2-8H,9H2,1H3. The van der Waals surface area contributed by atoms with E-state index < -0.39 is 11.7 Å². The average Bonchev–Trinajstić information content (AvgIpc) is 3.09. The largest absolute Gasteiger partial charge is 0.497 e. The van der Waals surface area contributed by atoms with E-state index in [1.54, 1.807) is 19.2 Å². The molecule has 1 aromatic carbocycles. The molecule has 0 fully saturated rings. The number of halogens is 3. The molecule has 0 saturated carbocycles. The van der Waals surface area contributed by atoms with Crippen LogP contribution in [0.5, 0.6) is 5.75 Å². The molecule has 5 nitrogen and oxygen atoms in total. The van der Waals surface area contributed by atoms with Crippen molar-refractivity contribution in [3.8, 4) is 17.1 Å². The Bertz CT molecular complexity index is 850. The molecule has 0 bridgehead atoms. The van der Waals surface area contributed by atoms with Crippen molar-refractivity contribution in [3.63, 3.8) is 0 Å². The van der Waals surface area contributed by atoms with Gasteiger partial charge >= 0.3 is 6.18 Å². The topological polar surface area (TPSA) is 61.0 Å². The van der Waals surface area contributed by atoms with Crippen LogP contribution < -0.4 is 4.74 Å². The maximum atomic E-state index is 12.5. The summed E-state index contributed by atoms with van der Waals surface area (Å²) in [4.78, 5) is 8.05. The Kier molecular flexibility index (Phi) is 4.93. The lowest BCUT2D eigenvalue weighted by molar-refractivity contribution is -0.137. The Morgan fingerprint density at radius 2 is 2.04 bits per heavy atom. The molecule has 3 rings (SSSR count). The van der Waals surface area contributed by atoms with E-state index in [0.717, 1.165) is 17.8 Å². The van der Waals surface area contributed by atoms with Crippen molar-refractivity contribution in [1.82, 2.24) is 15.1 Å². The van der Waals surface area contributed by atoms with E-state index in [9.17, 15) is 13.2 Å². The highest BCUT2D eigenvalue weighted by Gasteiger charge is 2.30. The number of pyridine rings is 1. The van der Waals surface area contributed by atoms with Crippen LogP contribution in [-0.4, -0.2) is 22.2 Å². The van der Waals surface area contributed by atoms with E-state index in [1.165, 1.54) is 17.8 Å². The van der Waals surface area contributed by atoms with Gasteiger partial charge in [-0.25, -0.2) is 4.98 Å². The number of hydrogen-bond acceptors (Lipinski definition) is 6. The number of benzene rings is 1. The number of thioether (sulfide) groups is 1. The minimum absolute atomic E-state index is 0.301. The van der Waals surface area contributed by atoms with Gasteiger partial charge in [0.2, 0.25) is 11.7 Å². The summed E-state index contributed by atoms with van der Waals surface area (Å²) in [6.45, 7) is 0. The maximum absolute atomic E-state index is 12.5. The third-order valence-corrected chi connectivity index (χ3v) is 4.13. The number of methoxy groups -OCH3 is 1. The SMILES string of the molecule is COc1cccc(-c2noc(CSc3ccc(C(F)(F)F)cn3)n2)c1. The van der Waals surface area contributed by atoms with Gasteiger partial charge in [0.15, 0.2) is 0 Å². The van der Waals surface area contributed by atoms with E-state index in [2.05, 4.69) is 15.1 Å². The summed E-state index contributed by atoms with van der Waals surface area (Å²) in [5, 5.41) is 4.34. The molecule has 0 aliphatic rings. The van der Waals surface area contributed by atoms with Crippen LogP contribution in [0.15, 0.2) is 52.1 Å². The monoisotopic (exact) mass is 367 g/mol. The van der Waals surface area contributed by atoms with Crippen molar-refractivity contribution in [2.24, 2.45) is 0 Å². The molecule has 3 aromatic rings. The van der Waals surface area contributed by atoms with Crippen LogP contribution in [0.4, 0.5) is 13.2 Å². The van der Waals surface area contributed by atoms with Gasteiger partial charge in [0.05, 0.1) is 23.5 Å². The van der Waals surface area contributed by atoms with Crippen molar-refractivity contribution in [2.45, 2.75) is 17.0 Å². The van der Waals surface area contributed by atoms with Crippen LogP contribution in [-0.2, 0) is 11.9 Å². The van der Waals surface area contributed by atoms with Gasteiger partial charge in [-0.2, -0.15) is 18.2 Å². The average molecular weight is 367 g/mol. The van der Waals surface area contributed by atoms with Crippen molar-refractivity contribution in [2.75, 3.05) is 7.11 Å². The van der Waals surface area contributed by atoms with E-state index in [4.69, 9.17) is 9.26 Å². The smallest absolute Gasteiger partial charge is 0.417 e.